The number of esters is 1. The number of ether oxygens (including phenoxy) is 2. The summed E-state index contributed by atoms with van der Waals surface area (Å²) in [6.45, 7) is 5.24. The van der Waals surface area contributed by atoms with Crippen LogP contribution in [0.4, 0.5) is 0 Å². The van der Waals surface area contributed by atoms with Crippen molar-refractivity contribution >= 4 is 35.1 Å². The van der Waals surface area contributed by atoms with Gasteiger partial charge in [0.25, 0.3) is 0 Å². The van der Waals surface area contributed by atoms with E-state index in [9.17, 15) is 9.59 Å². The van der Waals surface area contributed by atoms with E-state index in [1.165, 1.54) is 18.7 Å². The first kappa shape index (κ1) is 19.3. The molecule has 4 nitrogen and oxygen atoms in total. The molecule has 0 bridgehead atoms. The molecule has 0 saturated heterocycles. The van der Waals surface area contributed by atoms with Crippen LogP contribution in [0.5, 0.6) is 5.75 Å². The lowest BCUT2D eigenvalue weighted by Gasteiger charge is -2.13. The Bertz CT molecular complexity index is 759. The third-order valence-corrected chi connectivity index (χ3v) is 4.83. The van der Waals surface area contributed by atoms with Crippen LogP contribution in [-0.2, 0) is 9.53 Å². The van der Waals surface area contributed by atoms with Crippen LogP contribution in [0.1, 0.15) is 31.1 Å². The summed E-state index contributed by atoms with van der Waals surface area (Å²) in [4.78, 5) is 24.8. The van der Waals surface area contributed by atoms with E-state index in [1.807, 2.05) is 18.2 Å². The predicted octanol–water partition coefficient (Wildman–Crippen LogP) is 5.02. The Kier molecular flexibility index (Phi) is 6.91. The van der Waals surface area contributed by atoms with Crippen molar-refractivity contribution < 1.29 is 19.1 Å². The van der Waals surface area contributed by atoms with Gasteiger partial charge in [-0.05, 0) is 57.2 Å². The fraction of sp³-hybridized carbons (Fsp3) is 0.263. The lowest BCUT2D eigenvalue weighted by atomic mass is 10.1. The summed E-state index contributed by atoms with van der Waals surface area (Å²) in [7, 11) is 0. The number of hydrogen-bond acceptors (Lipinski definition) is 5. The highest BCUT2D eigenvalue weighted by Gasteiger charge is 2.15. The Hall–Kier alpha value is -1.98. The van der Waals surface area contributed by atoms with Crippen molar-refractivity contribution in [3.05, 3.63) is 53.1 Å². The molecule has 0 fully saturated rings. The molecule has 0 spiro atoms. The molecule has 0 saturated carbocycles. The van der Waals surface area contributed by atoms with E-state index in [2.05, 4.69) is 0 Å². The minimum atomic E-state index is -0.660. The van der Waals surface area contributed by atoms with E-state index in [4.69, 9.17) is 21.1 Å². The Morgan fingerprint density at radius 3 is 2.40 bits per heavy atom. The zero-order valence-electron chi connectivity index (χ0n) is 14.2. The van der Waals surface area contributed by atoms with Crippen LogP contribution in [-0.4, -0.2) is 24.5 Å². The number of rotatable bonds is 7. The number of hydrogen-bond donors (Lipinski definition) is 0. The van der Waals surface area contributed by atoms with E-state index in [-0.39, 0.29) is 5.78 Å². The fourth-order valence-electron chi connectivity index (χ4n) is 2.03. The molecule has 25 heavy (non-hydrogen) atoms. The van der Waals surface area contributed by atoms with Crippen molar-refractivity contribution in [1.82, 2.24) is 0 Å². The average Bonchev–Trinajstić information content (AvgIpc) is 2.58. The number of benzene rings is 2. The summed E-state index contributed by atoms with van der Waals surface area (Å²) in [5.74, 6) is 0.178. The summed E-state index contributed by atoms with van der Waals surface area (Å²) < 4.78 is 10.5. The summed E-state index contributed by atoms with van der Waals surface area (Å²) in [5, 5.41) is 0.536. The van der Waals surface area contributed by atoms with Gasteiger partial charge in [0.05, 0.1) is 11.6 Å². The van der Waals surface area contributed by atoms with Crippen LogP contribution in [0.25, 0.3) is 0 Å². The molecule has 0 amide bonds. The minimum absolute atomic E-state index is 0.0179. The Morgan fingerprint density at radius 1 is 1.16 bits per heavy atom. The van der Waals surface area contributed by atoms with Gasteiger partial charge in [0.2, 0.25) is 0 Å². The topological polar surface area (TPSA) is 52.6 Å². The maximum Gasteiger partial charge on any atom is 0.347 e. The van der Waals surface area contributed by atoms with Gasteiger partial charge in [0.1, 0.15) is 5.75 Å². The Balaban J connectivity index is 2.03. The lowest BCUT2D eigenvalue weighted by molar-refractivity contribution is -0.150. The maximum atomic E-state index is 11.6. The van der Waals surface area contributed by atoms with Gasteiger partial charge in [0.15, 0.2) is 11.9 Å². The van der Waals surface area contributed by atoms with E-state index in [0.717, 1.165) is 9.79 Å². The third-order valence-electron chi connectivity index (χ3n) is 3.32. The van der Waals surface area contributed by atoms with E-state index in [0.29, 0.717) is 22.9 Å². The molecular weight excluding hydrogens is 360 g/mol. The second-order valence-corrected chi connectivity index (χ2v) is 6.81. The molecule has 0 heterocycles. The summed E-state index contributed by atoms with van der Waals surface area (Å²) in [6, 6.07) is 12.6. The van der Waals surface area contributed by atoms with Crippen molar-refractivity contribution in [2.75, 3.05) is 6.61 Å². The molecule has 0 aliphatic rings. The number of carbonyl (C=O) groups is 2. The van der Waals surface area contributed by atoms with Gasteiger partial charge in [-0.15, -0.1) is 0 Å². The number of carbonyl (C=O) groups excluding carboxylic acids is 2. The van der Waals surface area contributed by atoms with Gasteiger partial charge in [-0.3, -0.25) is 4.79 Å². The number of halogens is 1. The van der Waals surface area contributed by atoms with Gasteiger partial charge < -0.3 is 9.47 Å². The summed E-state index contributed by atoms with van der Waals surface area (Å²) in [6.07, 6.45) is -0.660. The first-order valence-corrected chi connectivity index (χ1v) is 9.02. The number of Topliss-reactive ketones (excluding diaryl/α,β-unsaturated/α-hetero) is 1. The molecule has 0 N–H and O–H groups in total. The normalized spacial score (nSPS) is 11.7. The number of ketones is 1. The second kappa shape index (κ2) is 8.92. The van der Waals surface area contributed by atoms with Gasteiger partial charge in [-0.1, -0.05) is 29.4 Å². The van der Waals surface area contributed by atoms with Crippen LogP contribution in [0, 0.1) is 0 Å². The van der Waals surface area contributed by atoms with E-state index >= 15 is 0 Å². The van der Waals surface area contributed by atoms with Crippen LogP contribution in [0.3, 0.4) is 0 Å². The van der Waals surface area contributed by atoms with Gasteiger partial charge >= 0.3 is 5.97 Å². The molecule has 132 valence electrons. The van der Waals surface area contributed by atoms with Crippen molar-refractivity contribution in [1.29, 1.82) is 0 Å². The van der Waals surface area contributed by atoms with Crippen molar-refractivity contribution in [3.63, 3.8) is 0 Å². The predicted molar refractivity (Wildman–Crippen MR) is 98.7 cm³/mol. The highest BCUT2D eigenvalue weighted by molar-refractivity contribution is 7.99. The monoisotopic (exact) mass is 378 g/mol. The Morgan fingerprint density at radius 2 is 1.84 bits per heavy atom. The molecule has 2 aromatic carbocycles. The van der Waals surface area contributed by atoms with Crippen molar-refractivity contribution in [2.24, 2.45) is 0 Å². The zero-order chi connectivity index (χ0) is 18.4. The largest absolute Gasteiger partial charge is 0.479 e. The van der Waals surface area contributed by atoms with Crippen molar-refractivity contribution in [3.8, 4) is 5.75 Å². The molecule has 6 heteroatoms. The molecule has 0 aliphatic heterocycles. The molecule has 0 aliphatic carbocycles. The molecule has 2 aromatic rings. The van der Waals surface area contributed by atoms with Crippen molar-refractivity contribution in [2.45, 2.75) is 36.7 Å². The first-order chi connectivity index (χ1) is 11.9. The summed E-state index contributed by atoms with van der Waals surface area (Å²) >= 11 is 7.73. The molecule has 1 unspecified atom stereocenters. The van der Waals surface area contributed by atoms with Gasteiger partial charge in [0, 0.05) is 15.4 Å². The fourth-order valence-corrected chi connectivity index (χ4v) is 3.14. The first-order valence-electron chi connectivity index (χ1n) is 7.82. The molecule has 0 aromatic heterocycles. The summed E-state index contributed by atoms with van der Waals surface area (Å²) in [5.41, 5.74) is 0.589. The van der Waals surface area contributed by atoms with Crippen LogP contribution >= 0.6 is 23.4 Å². The SMILES string of the molecule is CCOC(=O)C(C)Oc1ccc(Sc2ccc(C(C)=O)cc2Cl)cc1. The Labute approximate surface area is 156 Å². The minimum Gasteiger partial charge on any atom is -0.479 e. The standard InChI is InChI=1S/C19H19ClO4S/c1-4-23-19(22)13(3)24-15-6-8-16(9-7-15)25-18-10-5-14(12(2)21)11-17(18)20/h5-11,13H,4H2,1-3H3. The maximum absolute atomic E-state index is 11.6. The van der Waals surface area contributed by atoms with Crippen LogP contribution in [0.15, 0.2) is 52.3 Å². The molecule has 2 rings (SSSR count). The van der Waals surface area contributed by atoms with Crippen LogP contribution < -0.4 is 4.74 Å². The van der Waals surface area contributed by atoms with Crippen LogP contribution in [0.2, 0.25) is 5.02 Å². The van der Waals surface area contributed by atoms with E-state index in [1.54, 1.807) is 38.1 Å². The second-order valence-electron chi connectivity index (χ2n) is 5.29. The van der Waals surface area contributed by atoms with Gasteiger partial charge in [-0.25, -0.2) is 4.79 Å². The molecule has 0 radical (unpaired) electrons. The third kappa shape index (κ3) is 5.51. The highest BCUT2D eigenvalue weighted by Crippen LogP contribution is 2.34. The van der Waals surface area contributed by atoms with E-state index < -0.39 is 12.1 Å². The smallest absolute Gasteiger partial charge is 0.347 e. The molecule has 1 atom stereocenters. The lowest BCUT2D eigenvalue weighted by Crippen LogP contribution is -2.25. The van der Waals surface area contributed by atoms with Gasteiger partial charge in [-0.2, -0.15) is 0 Å². The quantitative estimate of drug-likeness (QED) is 0.500. The highest BCUT2D eigenvalue weighted by atomic mass is 35.5. The molecular formula is C19H19ClO4S. The zero-order valence-corrected chi connectivity index (χ0v) is 15.8. The average molecular weight is 379 g/mol.